The van der Waals surface area contributed by atoms with Crippen LogP contribution in [0.1, 0.15) is 58.3 Å². The van der Waals surface area contributed by atoms with Gasteiger partial charge in [-0.1, -0.05) is 107 Å². The number of rotatable bonds is 9. The topological polar surface area (TPSA) is 57.9 Å². The summed E-state index contributed by atoms with van der Waals surface area (Å²) in [7, 11) is 0.271. The Bertz CT molecular complexity index is 1770. The summed E-state index contributed by atoms with van der Waals surface area (Å²) in [5.41, 5.74) is 1.03. The maximum atomic E-state index is 14.0. The van der Waals surface area contributed by atoms with Crippen LogP contribution in [0.2, 0.25) is 10.1 Å². The molecular formula is C36H39ClO5Si. The van der Waals surface area contributed by atoms with Gasteiger partial charge in [-0.2, -0.15) is 0 Å². The molecule has 0 bridgehead atoms. The van der Waals surface area contributed by atoms with E-state index in [1.165, 1.54) is 0 Å². The zero-order valence-electron chi connectivity index (χ0n) is 25.9. The maximum absolute atomic E-state index is 14.0. The van der Waals surface area contributed by atoms with Gasteiger partial charge in [-0.05, 0) is 33.5 Å². The van der Waals surface area contributed by atoms with E-state index in [1.54, 1.807) is 26.4 Å². The molecule has 5 rings (SSSR count). The minimum atomic E-state index is -2.90. The zero-order chi connectivity index (χ0) is 30.9. The fourth-order valence-corrected chi connectivity index (χ4v) is 10.9. The first-order valence-electron chi connectivity index (χ1n) is 14.7. The molecule has 5 nitrogen and oxygen atoms in total. The smallest absolute Gasteiger partial charge is 0.261 e. The summed E-state index contributed by atoms with van der Waals surface area (Å²) in [6.07, 6.45) is 0.824. The van der Waals surface area contributed by atoms with E-state index >= 15 is 0 Å². The Morgan fingerprint density at radius 2 is 1.49 bits per heavy atom. The highest BCUT2D eigenvalue weighted by Crippen LogP contribution is 2.45. The van der Waals surface area contributed by atoms with Gasteiger partial charge >= 0.3 is 0 Å². The summed E-state index contributed by atoms with van der Waals surface area (Å²) in [4.78, 5) is 14.0. The fourth-order valence-electron chi connectivity index (χ4n) is 6.10. The van der Waals surface area contributed by atoms with Crippen LogP contribution < -0.4 is 25.3 Å². The molecule has 224 valence electrons. The van der Waals surface area contributed by atoms with Crippen LogP contribution in [0.15, 0.2) is 88.1 Å². The monoisotopic (exact) mass is 614 g/mol. The second kappa shape index (κ2) is 12.2. The summed E-state index contributed by atoms with van der Waals surface area (Å²) in [6, 6.07) is 26.2. The predicted octanol–water partition coefficient (Wildman–Crippen LogP) is 8.21. The Labute approximate surface area is 259 Å². The lowest BCUT2D eigenvalue weighted by molar-refractivity contribution is 0.287. The predicted molar refractivity (Wildman–Crippen MR) is 179 cm³/mol. The molecule has 0 radical (unpaired) electrons. The molecule has 0 saturated heterocycles. The molecule has 4 aromatic carbocycles. The number of hydrogen-bond acceptors (Lipinski definition) is 5. The molecule has 0 spiro atoms. The third kappa shape index (κ3) is 5.37. The number of methoxy groups -OCH3 is 2. The molecule has 7 heteroatoms. The fraction of sp³-hybridized carbons (Fsp3) is 0.306. The van der Waals surface area contributed by atoms with E-state index in [1.807, 2.05) is 25.1 Å². The molecule has 0 aliphatic rings. The molecule has 1 atom stereocenters. The zero-order valence-corrected chi connectivity index (χ0v) is 27.7. The molecule has 0 saturated carbocycles. The lowest BCUT2D eigenvalue weighted by atomic mass is 9.98. The summed E-state index contributed by atoms with van der Waals surface area (Å²) in [6.45, 7) is 11.0. The Hall–Kier alpha value is -3.58. The summed E-state index contributed by atoms with van der Waals surface area (Å²) in [5.74, 6) is 1.67. The van der Waals surface area contributed by atoms with Crippen LogP contribution in [0.4, 0.5) is 0 Å². The average molecular weight is 615 g/mol. The molecule has 1 heterocycles. The molecule has 0 aliphatic heterocycles. The second-order valence-corrected chi connectivity index (χ2v) is 16.7. The van der Waals surface area contributed by atoms with Crippen molar-refractivity contribution < 1.29 is 18.3 Å². The molecule has 0 N–H and O–H groups in total. The van der Waals surface area contributed by atoms with E-state index in [0.717, 1.165) is 27.7 Å². The van der Waals surface area contributed by atoms with E-state index in [9.17, 15) is 4.79 Å². The van der Waals surface area contributed by atoms with Crippen LogP contribution in [0.25, 0.3) is 21.7 Å². The van der Waals surface area contributed by atoms with Gasteiger partial charge in [0.15, 0.2) is 5.43 Å². The van der Waals surface area contributed by atoms with Gasteiger partial charge in [0.05, 0.1) is 36.6 Å². The quantitative estimate of drug-likeness (QED) is 0.124. The Morgan fingerprint density at radius 3 is 2.00 bits per heavy atom. The SMILES string of the molecule is CCC(C)c1cc(=O)c2c(CO[Si](c3ccccc3)(c3ccccc3)C(C)(C)C)cc3c(OC)cc(Cl)c(OC)c3c2o1. The van der Waals surface area contributed by atoms with E-state index in [0.29, 0.717) is 38.6 Å². The van der Waals surface area contributed by atoms with E-state index in [4.69, 9.17) is 29.9 Å². The van der Waals surface area contributed by atoms with Gasteiger partial charge in [0, 0.05) is 23.4 Å². The standard InChI is InChI=1S/C36H39ClO5Si/c1-8-23(2)30-21-29(38)32-24(19-27-31(39-6)20-28(37)34(40-7)33(27)35(32)42-30)22-41-43(36(3,4)5,25-15-11-9-12-16-25)26-17-13-10-14-18-26/h9-21,23H,8,22H2,1-7H3. The number of hydrogen-bond donors (Lipinski definition) is 0. The molecule has 1 aromatic heterocycles. The molecule has 0 amide bonds. The van der Waals surface area contributed by atoms with Gasteiger partial charge in [0.1, 0.15) is 22.8 Å². The van der Waals surface area contributed by atoms with Crippen molar-refractivity contribution in [2.45, 2.75) is 58.6 Å². The van der Waals surface area contributed by atoms with Crippen molar-refractivity contribution in [1.29, 1.82) is 0 Å². The van der Waals surface area contributed by atoms with Gasteiger partial charge in [0.2, 0.25) is 0 Å². The molecule has 0 aliphatic carbocycles. The maximum Gasteiger partial charge on any atom is 0.261 e. The summed E-state index contributed by atoms with van der Waals surface area (Å²) < 4.78 is 25.4. The molecule has 1 unspecified atom stereocenters. The first-order valence-corrected chi connectivity index (χ1v) is 16.9. The Kier molecular flexibility index (Phi) is 8.75. The van der Waals surface area contributed by atoms with Crippen molar-refractivity contribution in [3.63, 3.8) is 0 Å². The van der Waals surface area contributed by atoms with Gasteiger partial charge in [-0.25, -0.2) is 0 Å². The van der Waals surface area contributed by atoms with Crippen LogP contribution in [0.3, 0.4) is 0 Å². The van der Waals surface area contributed by atoms with E-state index in [-0.39, 0.29) is 23.0 Å². The third-order valence-electron chi connectivity index (χ3n) is 8.45. The lowest BCUT2D eigenvalue weighted by Gasteiger charge is -2.43. The van der Waals surface area contributed by atoms with Crippen molar-refractivity contribution in [1.82, 2.24) is 0 Å². The molecular weight excluding hydrogens is 576 g/mol. The van der Waals surface area contributed by atoms with Crippen molar-refractivity contribution >= 4 is 52.0 Å². The third-order valence-corrected chi connectivity index (χ3v) is 13.7. The second-order valence-electron chi connectivity index (χ2n) is 12.0. The van der Waals surface area contributed by atoms with Crippen LogP contribution in [0, 0.1) is 0 Å². The van der Waals surface area contributed by atoms with Gasteiger partial charge in [-0.15, -0.1) is 0 Å². The molecule has 0 fully saturated rings. The normalized spacial score (nSPS) is 12.9. The highest BCUT2D eigenvalue weighted by molar-refractivity contribution is 6.99. The highest BCUT2D eigenvalue weighted by Gasteiger charge is 2.50. The van der Waals surface area contributed by atoms with Gasteiger partial charge < -0.3 is 18.3 Å². The van der Waals surface area contributed by atoms with Gasteiger partial charge in [-0.3, -0.25) is 4.79 Å². The molecule has 5 aromatic rings. The van der Waals surface area contributed by atoms with Crippen molar-refractivity contribution in [3.8, 4) is 11.5 Å². The van der Waals surface area contributed by atoms with Crippen LogP contribution >= 0.6 is 11.6 Å². The highest BCUT2D eigenvalue weighted by atomic mass is 35.5. The van der Waals surface area contributed by atoms with Crippen LogP contribution in [-0.4, -0.2) is 22.5 Å². The van der Waals surface area contributed by atoms with E-state index < -0.39 is 8.32 Å². The number of benzene rings is 4. The first kappa shape index (κ1) is 30.9. The largest absolute Gasteiger partial charge is 0.496 e. The average Bonchev–Trinajstić information content (AvgIpc) is 3.00. The first-order chi connectivity index (χ1) is 20.6. The number of halogens is 1. The Morgan fingerprint density at radius 1 is 0.884 bits per heavy atom. The molecule has 43 heavy (non-hydrogen) atoms. The van der Waals surface area contributed by atoms with Crippen molar-refractivity contribution in [3.05, 3.63) is 105 Å². The summed E-state index contributed by atoms with van der Waals surface area (Å²) in [5, 5.41) is 4.28. The van der Waals surface area contributed by atoms with E-state index in [2.05, 4.69) is 76.2 Å². The van der Waals surface area contributed by atoms with Crippen LogP contribution in [0.5, 0.6) is 11.5 Å². The summed E-state index contributed by atoms with van der Waals surface area (Å²) >= 11 is 6.66. The van der Waals surface area contributed by atoms with Crippen LogP contribution in [-0.2, 0) is 11.0 Å². The number of ether oxygens (including phenoxy) is 2. The number of fused-ring (bicyclic) bond motifs is 3. The minimum absolute atomic E-state index is 0.0521. The minimum Gasteiger partial charge on any atom is -0.496 e. The lowest BCUT2D eigenvalue weighted by Crippen LogP contribution is -2.66. The van der Waals surface area contributed by atoms with Crippen molar-refractivity contribution in [2.24, 2.45) is 0 Å². The van der Waals surface area contributed by atoms with Gasteiger partial charge in [0.25, 0.3) is 8.32 Å². The van der Waals surface area contributed by atoms with Crippen molar-refractivity contribution in [2.75, 3.05) is 14.2 Å². The Balaban J connectivity index is 1.83.